The maximum absolute atomic E-state index is 5.86. The Kier molecular flexibility index (Phi) is 7.14. The topological polar surface area (TPSA) is 69.2 Å². The highest BCUT2D eigenvalue weighted by atomic mass is 79.9. The molecule has 0 saturated carbocycles. The molecule has 2 N–H and O–H groups in total. The Morgan fingerprint density at radius 1 is 1.17 bits per heavy atom. The van der Waals surface area contributed by atoms with E-state index in [4.69, 9.17) is 15.2 Å². The van der Waals surface area contributed by atoms with Crippen LogP contribution in [0.1, 0.15) is 11.1 Å². The van der Waals surface area contributed by atoms with Crippen molar-refractivity contribution in [3.05, 3.63) is 58.1 Å². The molecule has 0 saturated heterocycles. The van der Waals surface area contributed by atoms with Gasteiger partial charge in [-0.15, -0.1) is 5.10 Å². The fourth-order valence-corrected chi connectivity index (χ4v) is 3.04. The van der Waals surface area contributed by atoms with E-state index in [-0.39, 0.29) is 0 Å². The highest BCUT2D eigenvalue weighted by Gasteiger charge is 2.08. The van der Waals surface area contributed by atoms with Gasteiger partial charge in [-0.25, -0.2) is 0 Å². The van der Waals surface area contributed by atoms with E-state index < -0.39 is 0 Å². The zero-order valence-corrected chi connectivity index (χ0v) is 15.8. The second-order valence-electron chi connectivity index (χ2n) is 4.70. The van der Waals surface area contributed by atoms with Gasteiger partial charge in [0.25, 0.3) is 0 Å². The minimum atomic E-state index is 0.408. The first kappa shape index (κ1) is 18.4. The van der Waals surface area contributed by atoms with Gasteiger partial charge in [0.05, 0.1) is 20.4 Å². The molecule has 2 rings (SSSR count). The molecule has 0 aliphatic rings. The van der Waals surface area contributed by atoms with Gasteiger partial charge in [0.1, 0.15) is 16.0 Å². The van der Waals surface area contributed by atoms with E-state index in [1.807, 2.05) is 42.5 Å². The van der Waals surface area contributed by atoms with Crippen LogP contribution < -0.4 is 15.2 Å². The number of benzene rings is 2. The number of hydrogen-bond donors (Lipinski definition) is 1. The van der Waals surface area contributed by atoms with E-state index in [1.54, 1.807) is 20.4 Å². The maximum Gasteiger partial charge on any atom is 0.180 e. The van der Waals surface area contributed by atoms with Gasteiger partial charge in [-0.1, -0.05) is 42.1 Å². The molecule has 0 bridgehead atoms. The fraction of sp³-hybridized carbons (Fsp3) is 0.176. The van der Waals surface area contributed by atoms with Crippen molar-refractivity contribution in [2.24, 2.45) is 15.9 Å². The zero-order valence-electron chi connectivity index (χ0n) is 13.4. The Balaban J connectivity index is 2.02. The minimum Gasteiger partial charge on any atom is -0.495 e. The van der Waals surface area contributed by atoms with Crippen molar-refractivity contribution in [2.45, 2.75) is 5.75 Å². The monoisotopic (exact) mass is 407 g/mol. The molecule has 0 fully saturated rings. The summed E-state index contributed by atoms with van der Waals surface area (Å²) in [7, 11) is 3.19. The number of rotatable bonds is 6. The highest BCUT2D eigenvalue weighted by Crippen LogP contribution is 2.35. The molecule has 2 aromatic rings. The summed E-state index contributed by atoms with van der Waals surface area (Å²) in [5.74, 6) is 2.07. The molecule has 0 unspecified atom stereocenters. The van der Waals surface area contributed by atoms with E-state index in [2.05, 4.69) is 26.1 Å². The van der Waals surface area contributed by atoms with Crippen LogP contribution in [0.15, 0.2) is 57.1 Å². The van der Waals surface area contributed by atoms with Gasteiger partial charge in [0, 0.05) is 11.3 Å². The quantitative estimate of drug-likeness (QED) is 0.445. The largest absolute Gasteiger partial charge is 0.495 e. The molecule has 0 spiro atoms. The number of nitrogens with zero attached hydrogens (tertiary/aromatic N) is 2. The molecule has 24 heavy (non-hydrogen) atoms. The second kappa shape index (κ2) is 9.34. The summed E-state index contributed by atoms with van der Waals surface area (Å²) in [6.45, 7) is 0. The first-order valence-corrected chi connectivity index (χ1v) is 8.86. The first-order chi connectivity index (χ1) is 11.6. The van der Waals surface area contributed by atoms with Gasteiger partial charge in [0.15, 0.2) is 5.17 Å². The van der Waals surface area contributed by atoms with Crippen molar-refractivity contribution in [2.75, 3.05) is 14.2 Å². The summed E-state index contributed by atoms with van der Waals surface area (Å²) >= 11 is 4.86. The van der Waals surface area contributed by atoms with Crippen molar-refractivity contribution < 1.29 is 9.47 Å². The average Bonchev–Trinajstić information content (AvgIpc) is 2.62. The summed E-state index contributed by atoms with van der Waals surface area (Å²) in [5.41, 5.74) is 7.85. The molecular weight excluding hydrogens is 390 g/mol. The average molecular weight is 408 g/mol. The van der Waals surface area contributed by atoms with Crippen molar-refractivity contribution >= 4 is 39.1 Å². The lowest BCUT2D eigenvalue weighted by molar-refractivity contribution is 0.389. The lowest BCUT2D eigenvalue weighted by atomic mass is 10.2. The number of ether oxygens (including phenoxy) is 2. The summed E-state index contributed by atoms with van der Waals surface area (Å²) < 4.78 is 11.3. The second-order valence-corrected chi connectivity index (χ2v) is 6.49. The van der Waals surface area contributed by atoms with Gasteiger partial charge >= 0.3 is 0 Å². The number of amidine groups is 1. The molecule has 126 valence electrons. The molecule has 5 nitrogen and oxygen atoms in total. The van der Waals surface area contributed by atoms with Gasteiger partial charge < -0.3 is 15.2 Å². The van der Waals surface area contributed by atoms with Crippen LogP contribution in [0.25, 0.3) is 0 Å². The molecule has 0 amide bonds. The van der Waals surface area contributed by atoms with Crippen molar-refractivity contribution in [3.8, 4) is 11.5 Å². The predicted octanol–water partition coefficient (Wildman–Crippen LogP) is 4.05. The fourth-order valence-electron chi connectivity index (χ4n) is 1.88. The molecule has 0 atom stereocenters. The molecule has 0 heterocycles. The lowest BCUT2D eigenvalue weighted by Gasteiger charge is -2.09. The van der Waals surface area contributed by atoms with E-state index in [0.29, 0.717) is 16.7 Å². The van der Waals surface area contributed by atoms with Gasteiger partial charge in [0.2, 0.25) is 0 Å². The van der Waals surface area contributed by atoms with Crippen molar-refractivity contribution in [1.82, 2.24) is 0 Å². The number of nitrogens with two attached hydrogens (primary N) is 1. The molecule has 0 radical (unpaired) electrons. The number of methoxy groups -OCH3 is 2. The van der Waals surface area contributed by atoms with Crippen LogP contribution in [0, 0.1) is 0 Å². The van der Waals surface area contributed by atoms with E-state index in [9.17, 15) is 0 Å². The molecule has 7 heteroatoms. The van der Waals surface area contributed by atoms with E-state index in [1.165, 1.54) is 17.3 Å². The Hall–Kier alpha value is -1.99. The van der Waals surface area contributed by atoms with Gasteiger partial charge in [-0.05, 0) is 33.6 Å². The summed E-state index contributed by atoms with van der Waals surface area (Å²) in [6.07, 6.45) is 1.60. The molecule has 0 aromatic heterocycles. The van der Waals surface area contributed by atoms with E-state index in [0.717, 1.165) is 15.8 Å². The van der Waals surface area contributed by atoms with Crippen molar-refractivity contribution in [1.29, 1.82) is 0 Å². The number of thioether (sulfide) groups is 1. The number of hydrogen-bond acceptors (Lipinski definition) is 5. The first-order valence-electron chi connectivity index (χ1n) is 7.08. The van der Waals surface area contributed by atoms with Crippen LogP contribution in [0.4, 0.5) is 0 Å². The predicted molar refractivity (Wildman–Crippen MR) is 104 cm³/mol. The van der Waals surface area contributed by atoms with Crippen LogP contribution in [0.3, 0.4) is 0 Å². The van der Waals surface area contributed by atoms with Gasteiger partial charge in [-0.3, -0.25) is 0 Å². The summed E-state index contributed by atoms with van der Waals surface area (Å²) in [5, 5.41) is 8.43. The summed E-state index contributed by atoms with van der Waals surface area (Å²) in [6, 6.07) is 13.7. The normalized spacial score (nSPS) is 11.7. The molecule has 0 aliphatic carbocycles. The van der Waals surface area contributed by atoms with Gasteiger partial charge in [-0.2, -0.15) is 5.10 Å². The van der Waals surface area contributed by atoms with E-state index >= 15 is 0 Å². The molecule has 2 aromatic carbocycles. The van der Waals surface area contributed by atoms with Crippen LogP contribution in [0.2, 0.25) is 0 Å². The van der Waals surface area contributed by atoms with Crippen LogP contribution in [0.5, 0.6) is 11.5 Å². The van der Waals surface area contributed by atoms with Crippen LogP contribution >= 0.6 is 27.7 Å². The third-order valence-electron chi connectivity index (χ3n) is 3.06. The molecular formula is C17H18BrN3O2S. The standard InChI is InChI=1S/C17H18BrN3O2S/c1-22-14-8-13(9-15(23-2)16(14)18)10-20-21-17(19)24-11-12-6-4-3-5-7-12/h3-10H,11H2,1-2H3,(H2,19,21). The Bertz CT molecular complexity index is 711. The highest BCUT2D eigenvalue weighted by molar-refractivity contribution is 9.10. The smallest absolute Gasteiger partial charge is 0.180 e. The van der Waals surface area contributed by atoms with Crippen LogP contribution in [-0.2, 0) is 5.75 Å². The maximum atomic E-state index is 5.86. The Labute approximate surface area is 154 Å². The molecule has 0 aliphatic heterocycles. The lowest BCUT2D eigenvalue weighted by Crippen LogP contribution is -2.06. The SMILES string of the molecule is COc1cc(C=NN=C(N)SCc2ccccc2)cc(OC)c1Br. The summed E-state index contributed by atoms with van der Waals surface area (Å²) in [4.78, 5) is 0. The third-order valence-corrected chi connectivity index (χ3v) is 4.70. The minimum absolute atomic E-state index is 0.408. The number of halogens is 1. The Morgan fingerprint density at radius 3 is 2.38 bits per heavy atom. The third kappa shape index (κ3) is 5.28. The Morgan fingerprint density at radius 2 is 1.79 bits per heavy atom. The van der Waals surface area contributed by atoms with Crippen molar-refractivity contribution in [3.63, 3.8) is 0 Å². The zero-order chi connectivity index (χ0) is 17.4. The van der Waals surface area contributed by atoms with Crippen LogP contribution in [-0.4, -0.2) is 25.6 Å².